The fourth-order valence-electron chi connectivity index (χ4n) is 3.24. The van der Waals surface area contributed by atoms with Gasteiger partial charge in [-0.05, 0) is 41.8 Å². The quantitative estimate of drug-likeness (QED) is 0.348. The van der Waals surface area contributed by atoms with Crippen molar-refractivity contribution >= 4 is 54.8 Å². The molecule has 2 amide bonds. The van der Waals surface area contributed by atoms with Gasteiger partial charge in [-0.15, -0.1) is 0 Å². The number of halogens is 2. The van der Waals surface area contributed by atoms with Gasteiger partial charge in [0.05, 0.1) is 11.1 Å². The highest BCUT2D eigenvalue weighted by atomic mass is 79.9. The molecule has 2 aromatic rings. The van der Waals surface area contributed by atoms with E-state index in [1.807, 2.05) is 48.5 Å². The highest BCUT2D eigenvalue weighted by Crippen LogP contribution is 2.36. The molecule has 1 heterocycles. The third-order valence-corrected chi connectivity index (χ3v) is 5.73. The Labute approximate surface area is 176 Å². The number of carbonyl (C=O) groups is 2. The molecule has 0 saturated heterocycles. The molecule has 0 bridgehead atoms. The Balaban J connectivity index is 2.00. The largest absolute Gasteiger partial charge is 0.274 e. The molecule has 1 aliphatic rings. The van der Waals surface area contributed by atoms with Crippen LogP contribution in [0.15, 0.2) is 57.5 Å². The van der Waals surface area contributed by atoms with Gasteiger partial charge >= 0.3 is 0 Å². The standard InChI is InChI=1S/C22H21Br2NO2/c1-2-3-4-5-14-25-21(26)19(15-6-10-17(23)11-7-15)20(22(25)27)16-8-12-18(24)13-9-16/h6-13H,2-5,14H2,1H3. The van der Waals surface area contributed by atoms with Gasteiger partial charge in [0.25, 0.3) is 11.8 Å². The lowest BCUT2D eigenvalue weighted by molar-refractivity contribution is -0.136. The van der Waals surface area contributed by atoms with E-state index in [0.717, 1.165) is 45.8 Å². The predicted octanol–water partition coefficient (Wildman–Crippen LogP) is 6.07. The second-order valence-corrected chi connectivity index (χ2v) is 8.42. The lowest BCUT2D eigenvalue weighted by Gasteiger charge is -2.15. The molecule has 0 radical (unpaired) electrons. The molecule has 0 unspecified atom stereocenters. The molecule has 5 heteroatoms. The summed E-state index contributed by atoms with van der Waals surface area (Å²) in [5.41, 5.74) is 2.52. The molecule has 0 N–H and O–H groups in total. The van der Waals surface area contributed by atoms with Crippen molar-refractivity contribution in [2.75, 3.05) is 6.54 Å². The van der Waals surface area contributed by atoms with Gasteiger partial charge in [-0.2, -0.15) is 0 Å². The van der Waals surface area contributed by atoms with Crippen molar-refractivity contribution in [2.24, 2.45) is 0 Å². The summed E-state index contributed by atoms with van der Waals surface area (Å²) in [4.78, 5) is 27.7. The van der Waals surface area contributed by atoms with Gasteiger partial charge in [-0.25, -0.2) is 0 Å². The molecule has 1 aliphatic heterocycles. The van der Waals surface area contributed by atoms with Crippen LogP contribution < -0.4 is 0 Å². The number of amides is 2. The number of hydrogen-bond acceptors (Lipinski definition) is 2. The van der Waals surface area contributed by atoms with E-state index in [1.54, 1.807) is 0 Å². The number of nitrogens with zero attached hydrogens (tertiary/aromatic N) is 1. The van der Waals surface area contributed by atoms with E-state index in [1.165, 1.54) is 4.90 Å². The summed E-state index contributed by atoms with van der Waals surface area (Å²) in [6.45, 7) is 2.61. The molecular formula is C22H21Br2NO2. The zero-order valence-electron chi connectivity index (χ0n) is 15.2. The van der Waals surface area contributed by atoms with Gasteiger partial charge in [-0.3, -0.25) is 14.5 Å². The maximum Gasteiger partial charge on any atom is 0.262 e. The molecule has 140 valence electrons. The molecule has 0 fully saturated rings. The number of benzene rings is 2. The van der Waals surface area contributed by atoms with Crippen molar-refractivity contribution in [3.05, 3.63) is 68.6 Å². The maximum absolute atomic E-state index is 13.1. The highest BCUT2D eigenvalue weighted by molar-refractivity contribution is 9.10. The predicted molar refractivity (Wildman–Crippen MR) is 116 cm³/mol. The van der Waals surface area contributed by atoms with Crippen LogP contribution in [0.1, 0.15) is 43.7 Å². The molecule has 27 heavy (non-hydrogen) atoms. The highest BCUT2D eigenvalue weighted by Gasteiger charge is 2.39. The van der Waals surface area contributed by atoms with E-state index in [-0.39, 0.29) is 11.8 Å². The van der Waals surface area contributed by atoms with E-state index in [2.05, 4.69) is 38.8 Å². The summed E-state index contributed by atoms with van der Waals surface area (Å²) in [7, 11) is 0. The maximum atomic E-state index is 13.1. The Morgan fingerprint density at radius 3 is 1.56 bits per heavy atom. The number of imide groups is 1. The second kappa shape index (κ2) is 8.98. The molecular weight excluding hydrogens is 470 g/mol. The SMILES string of the molecule is CCCCCCN1C(=O)C(c2ccc(Br)cc2)=C(c2ccc(Br)cc2)C1=O. The average Bonchev–Trinajstić information content (AvgIpc) is 2.91. The number of hydrogen-bond donors (Lipinski definition) is 0. The number of unbranched alkanes of at least 4 members (excludes halogenated alkanes) is 3. The lowest BCUT2D eigenvalue weighted by Crippen LogP contribution is -2.32. The van der Waals surface area contributed by atoms with Gasteiger partial charge in [0.2, 0.25) is 0 Å². The van der Waals surface area contributed by atoms with Crippen LogP contribution in [0.2, 0.25) is 0 Å². The second-order valence-electron chi connectivity index (χ2n) is 6.59. The normalized spacial score (nSPS) is 14.4. The number of rotatable bonds is 7. The summed E-state index contributed by atoms with van der Waals surface area (Å²) in [6, 6.07) is 15.1. The van der Waals surface area contributed by atoms with Crippen molar-refractivity contribution in [2.45, 2.75) is 32.6 Å². The molecule has 2 aromatic carbocycles. The van der Waals surface area contributed by atoms with Crippen LogP contribution in [-0.2, 0) is 9.59 Å². The lowest BCUT2D eigenvalue weighted by atomic mass is 9.96. The Kier molecular flexibility index (Phi) is 6.66. The molecule has 0 aromatic heterocycles. The fraction of sp³-hybridized carbons (Fsp3) is 0.273. The van der Waals surface area contributed by atoms with Crippen LogP contribution in [0.5, 0.6) is 0 Å². The molecule has 0 atom stereocenters. The third-order valence-electron chi connectivity index (χ3n) is 4.67. The minimum Gasteiger partial charge on any atom is -0.274 e. The Morgan fingerprint density at radius 2 is 1.15 bits per heavy atom. The van der Waals surface area contributed by atoms with E-state index in [0.29, 0.717) is 17.7 Å². The third kappa shape index (κ3) is 4.41. The summed E-state index contributed by atoms with van der Waals surface area (Å²) in [5.74, 6) is -0.395. The summed E-state index contributed by atoms with van der Waals surface area (Å²) >= 11 is 6.85. The number of carbonyl (C=O) groups excluding carboxylic acids is 2. The Bertz CT molecular complexity index is 803. The Morgan fingerprint density at radius 1 is 0.704 bits per heavy atom. The fourth-order valence-corrected chi connectivity index (χ4v) is 3.77. The molecule has 3 rings (SSSR count). The Hall–Kier alpha value is -1.72. The first-order valence-electron chi connectivity index (χ1n) is 9.15. The molecule has 0 aliphatic carbocycles. The van der Waals surface area contributed by atoms with E-state index in [4.69, 9.17) is 0 Å². The van der Waals surface area contributed by atoms with E-state index in [9.17, 15) is 9.59 Å². The average molecular weight is 491 g/mol. The van der Waals surface area contributed by atoms with Crippen molar-refractivity contribution in [1.82, 2.24) is 4.90 Å². The van der Waals surface area contributed by atoms with Crippen LogP contribution in [0.4, 0.5) is 0 Å². The van der Waals surface area contributed by atoms with Gasteiger partial charge in [0, 0.05) is 15.5 Å². The molecule has 0 saturated carbocycles. The first-order chi connectivity index (χ1) is 13.0. The minimum absolute atomic E-state index is 0.197. The summed E-state index contributed by atoms with van der Waals surface area (Å²) in [5, 5.41) is 0. The van der Waals surface area contributed by atoms with Crippen molar-refractivity contribution in [3.63, 3.8) is 0 Å². The van der Waals surface area contributed by atoms with Crippen molar-refractivity contribution < 1.29 is 9.59 Å². The van der Waals surface area contributed by atoms with E-state index < -0.39 is 0 Å². The zero-order chi connectivity index (χ0) is 19.4. The monoisotopic (exact) mass is 489 g/mol. The van der Waals surface area contributed by atoms with Crippen LogP contribution >= 0.6 is 31.9 Å². The minimum atomic E-state index is -0.197. The first-order valence-corrected chi connectivity index (χ1v) is 10.7. The molecule has 3 nitrogen and oxygen atoms in total. The van der Waals surface area contributed by atoms with Crippen molar-refractivity contribution in [3.8, 4) is 0 Å². The van der Waals surface area contributed by atoms with Crippen LogP contribution in [-0.4, -0.2) is 23.3 Å². The summed E-state index contributed by atoms with van der Waals surface area (Å²) < 4.78 is 1.87. The van der Waals surface area contributed by atoms with Crippen LogP contribution in [0.25, 0.3) is 11.1 Å². The van der Waals surface area contributed by atoms with Gasteiger partial charge < -0.3 is 0 Å². The van der Waals surface area contributed by atoms with E-state index >= 15 is 0 Å². The topological polar surface area (TPSA) is 37.4 Å². The van der Waals surface area contributed by atoms with Crippen LogP contribution in [0, 0.1) is 0 Å². The van der Waals surface area contributed by atoms with Gasteiger partial charge in [0.1, 0.15) is 0 Å². The van der Waals surface area contributed by atoms with Crippen LogP contribution in [0.3, 0.4) is 0 Å². The summed E-state index contributed by atoms with van der Waals surface area (Å²) in [6.07, 6.45) is 4.10. The first kappa shape index (κ1) is 20.0. The van der Waals surface area contributed by atoms with Gasteiger partial charge in [0.15, 0.2) is 0 Å². The van der Waals surface area contributed by atoms with Crippen molar-refractivity contribution in [1.29, 1.82) is 0 Å². The van der Waals surface area contributed by atoms with Gasteiger partial charge in [-0.1, -0.05) is 82.3 Å². The zero-order valence-corrected chi connectivity index (χ0v) is 18.3. The smallest absolute Gasteiger partial charge is 0.262 e. The molecule has 0 spiro atoms.